The molecule has 1 aromatic carbocycles. The van der Waals surface area contributed by atoms with E-state index in [1.807, 2.05) is 6.92 Å². The number of nitrogens with two attached hydrogens (primary N) is 1. The predicted molar refractivity (Wildman–Crippen MR) is 58.7 cm³/mol. The third-order valence-corrected chi connectivity index (χ3v) is 2.60. The number of benzene rings is 1. The Morgan fingerprint density at radius 2 is 2.23 bits per heavy atom. The number of hydrogen-bond acceptors (Lipinski definition) is 2. The summed E-state index contributed by atoms with van der Waals surface area (Å²) in [5.74, 6) is -0.0586. The summed E-state index contributed by atoms with van der Waals surface area (Å²) in [6, 6.07) is 3.31. The maximum atomic E-state index is 11.3. The van der Waals surface area contributed by atoms with Crippen LogP contribution in [0.4, 0.5) is 5.69 Å². The lowest BCUT2D eigenvalue weighted by Gasteiger charge is -2.05. The number of rotatable bonds is 2. The van der Waals surface area contributed by atoms with Crippen LogP contribution in [0.25, 0.3) is 0 Å². The van der Waals surface area contributed by atoms with Crippen LogP contribution in [0.5, 0.6) is 0 Å². The van der Waals surface area contributed by atoms with Gasteiger partial charge in [0.2, 0.25) is 0 Å². The van der Waals surface area contributed by atoms with Crippen molar-refractivity contribution in [2.24, 2.45) is 0 Å². The van der Waals surface area contributed by atoms with Crippen molar-refractivity contribution in [2.75, 3.05) is 11.1 Å². The van der Waals surface area contributed by atoms with Crippen LogP contribution >= 0.6 is 27.5 Å². The molecule has 1 aromatic rings. The number of carbonyl (C=O) groups excluding carboxylic acids is 1. The van der Waals surface area contributed by atoms with Crippen LogP contribution in [-0.4, -0.2) is 11.1 Å². The van der Waals surface area contributed by atoms with Crippen LogP contribution in [0.1, 0.15) is 15.9 Å². The van der Waals surface area contributed by atoms with Gasteiger partial charge in [-0.25, -0.2) is 0 Å². The molecule has 0 aliphatic heterocycles. The minimum atomic E-state index is -0.0586. The smallest absolute Gasteiger partial charge is 0.174 e. The van der Waals surface area contributed by atoms with Gasteiger partial charge < -0.3 is 5.73 Å². The van der Waals surface area contributed by atoms with Crippen LogP contribution in [0, 0.1) is 6.92 Å². The molecule has 0 heterocycles. The van der Waals surface area contributed by atoms with Crippen molar-refractivity contribution in [2.45, 2.75) is 6.92 Å². The zero-order valence-corrected chi connectivity index (χ0v) is 9.45. The molecule has 0 saturated carbocycles. The number of Topliss-reactive ketones (excluding diaryl/α,β-unsaturated/α-hetero) is 1. The van der Waals surface area contributed by atoms with Gasteiger partial charge in [0.25, 0.3) is 0 Å². The van der Waals surface area contributed by atoms with Gasteiger partial charge in [-0.3, -0.25) is 4.79 Å². The van der Waals surface area contributed by atoms with E-state index in [-0.39, 0.29) is 11.1 Å². The number of hydrogen-bond donors (Lipinski definition) is 1. The van der Waals surface area contributed by atoms with Crippen LogP contribution < -0.4 is 5.73 Å². The molecule has 0 aromatic heterocycles. The van der Waals surface area contributed by atoms with Gasteiger partial charge in [0.1, 0.15) is 0 Å². The van der Waals surface area contributed by atoms with Crippen molar-refractivity contribution < 1.29 is 4.79 Å². The first-order chi connectivity index (χ1) is 6.06. The van der Waals surface area contributed by atoms with E-state index in [2.05, 4.69) is 15.9 Å². The number of ketones is 1. The third-order valence-electron chi connectivity index (χ3n) is 1.78. The molecule has 2 nitrogen and oxygen atoms in total. The fourth-order valence-corrected chi connectivity index (χ4v) is 1.60. The highest BCUT2D eigenvalue weighted by atomic mass is 79.9. The van der Waals surface area contributed by atoms with Crippen molar-refractivity contribution in [3.05, 3.63) is 28.3 Å². The minimum absolute atomic E-state index is 0.0586. The second kappa shape index (κ2) is 4.11. The molecule has 0 unspecified atom stereocenters. The molecule has 0 aliphatic carbocycles. The Morgan fingerprint density at radius 1 is 1.62 bits per heavy atom. The van der Waals surface area contributed by atoms with Crippen molar-refractivity contribution in [3.63, 3.8) is 0 Å². The van der Waals surface area contributed by atoms with Gasteiger partial charge in [-0.15, -0.1) is 0 Å². The summed E-state index contributed by atoms with van der Waals surface area (Å²) in [7, 11) is 0. The van der Waals surface area contributed by atoms with Gasteiger partial charge in [0.05, 0.1) is 10.4 Å². The monoisotopic (exact) mass is 261 g/mol. The van der Waals surface area contributed by atoms with Crippen molar-refractivity contribution in [1.82, 2.24) is 0 Å². The predicted octanol–water partition coefficient (Wildman–Crippen LogP) is 2.81. The van der Waals surface area contributed by atoms with E-state index in [9.17, 15) is 4.79 Å². The second-order valence-corrected chi connectivity index (χ2v) is 3.71. The van der Waals surface area contributed by atoms with E-state index in [0.29, 0.717) is 16.3 Å². The molecule has 1 rings (SSSR count). The van der Waals surface area contributed by atoms with Crippen molar-refractivity contribution in [1.29, 1.82) is 0 Å². The standard InChI is InChI=1S/C9H9BrClNO/c1-5-2-7(11)6(3-8(5)12)9(13)4-10/h2-3H,4,12H2,1H3. The lowest BCUT2D eigenvalue weighted by Crippen LogP contribution is -2.03. The Balaban J connectivity index is 3.23. The van der Waals surface area contributed by atoms with Gasteiger partial charge in [0.15, 0.2) is 5.78 Å². The first kappa shape index (κ1) is 10.5. The number of alkyl halides is 1. The van der Waals surface area contributed by atoms with Crippen LogP contribution in [-0.2, 0) is 0 Å². The minimum Gasteiger partial charge on any atom is -0.398 e. The number of carbonyl (C=O) groups is 1. The van der Waals surface area contributed by atoms with Crippen LogP contribution in [0.15, 0.2) is 12.1 Å². The zero-order valence-electron chi connectivity index (χ0n) is 7.10. The van der Waals surface area contributed by atoms with Crippen LogP contribution in [0.2, 0.25) is 5.02 Å². The molecule has 2 N–H and O–H groups in total. The molecule has 0 radical (unpaired) electrons. The molecule has 0 amide bonds. The van der Waals surface area contributed by atoms with E-state index < -0.39 is 0 Å². The molecule has 0 fully saturated rings. The molecule has 0 bridgehead atoms. The molecule has 4 heteroatoms. The Labute approximate surface area is 90.2 Å². The van der Waals surface area contributed by atoms with Crippen LogP contribution in [0.3, 0.4) is 0 Å². The van der Waals surface area contributed by atoms with E-state index in [1.165, 1.54) is 0 Å². The van der Waals surface area contributed by atoms with Gasteiger partial charge >= 0.3 is 0 Å². The topological polar surface area (TPSA) is 43.1 Å². The number of aryl methyl sites for hydroxylation is 1. The average Bonchev–Trinajstić information content (AvgIpc) is 2.10. The summed E-state index contributed by atoms with van der Waals surface area (Å²) in [6.07, 6.45) is 0. The summed E-state index contributed by atoms with van der Waals surface area (Å²) in [6.45, 7) is 1.85. The molecule has 0 atom stereocenters. The summed E-state index contributed by atoms with van der Waals surface area (Å²) < 4.78 is 0. The number of halogens is 2. The summed E-state index contributed by atoms with van der Waals surface area (Å²) in [4.78, 5) is 11.3. The number of anilines is 1. The quantitative estimate of drug-likeness (QED) is 0.506. The Hall–Kier alpha value is -0.540. The van der Waals surface area contributed by atoms with Gasteiger partial charge in [0, 0.05) is 11.3 Å². The van der Waals surface area contributed by atoms with Gasteiger partial charge in [-0.2, -0.15) is 0 Å². The maximum Gasteiger partial charge on any atom is 0.174 e. The van der Waals surface area contributed by atoms with Crippen molar-refractivity contribution >= 4 is 39.0 Å². The highest BCUT2D eigenvalue weighted by molar-refractivity contribution is 9.09. The highest BCUT2D eigenvalue weighted by Crippen LogP contribution is 2.23. The Bertz CT molecular complexity index is 352. The molecule has 0 spiro atoms. The van der Waals surface area contributed by atoms with E-state index in [1.54, 1.807) is 12.1 Å². The largest absolute Gasteiger partial charge is 0.398 e. The SMILES string of the molecule is Cc1cc(Cl)c(C(=O)CBr)cc1N. The first-order valence-corrected chi connectivity index (χ1v) is 5.21. The highest BCUT2D eigenvalue weighted by Gasteiger charge is 2.10. The summed E-state index contributed by atoms with van der Waals surface area (Å²) in [5, 5.41) is 0.714. The molecule has 13 heavy (non-hydrogen) atoms. The zero-order chi connectivity index (χ0) is 10.0. The fourth-order valence-electron chi connectivity index (χ4n) is 0.975. The van der Waals surface area contributed by atoms with E-state index in [0.717, 1.165) is 5.56 Å². The lowest BCUT2D eigenvalue weighted by molar-refractivity contribution is 0.102. The Morgan fingerprint density at radius 3 is 2.77 bits per heavy atom. The molecule has 0 aliphatic rings. The molecular formula is C9H9BrClNO. The third kappa shape index (κ3) is 2.23. The molecule has 0 saturated heterocycles. The average molecular weight is 263 g/mol. The first-order valence-electron chi connectivity index (χ1n) is 3.71. The van der Waals surface area contributed by atoms with E-state index in [4.69, 9.17) is 17.3 Å². The fraction of sp³-hybridized carbons (Fsp3) is 0.222. The second-order valence-electron chi connectivity index (χ2n) is 2.75. The van der Waals surface area contributed by atoms with Gasteiger partial charge in [-0.1, -0.05) is 27.5 Å². The van der Waals surface area contributed by atoms with Gasteiger partial charge in [-0.05, 0) is 24.6 Å². The maximum absolute atomic E-state index is 11.3. The molecule has 70 valence electrons. The summed E-state index contributed by atoms with van der Waals surface area (Å²) in [5.41, 5.74) is 7.61. The molecular weight excluding hydrogens is 253 g/mol. The summed E-state index contributed by atoms with van der Waals surface area (Å²) >= 11 is 8.96. The Kier molecular flexibility index (Phi) is 3.33. The van der Waals surface area contributed by atoms with Crippen molar-refractivity contribution in [3.8, 4) is 0 Å². The normalized spacial score (nSPS) is 10.1. The lowest BCUT2D eigenvalue weighted by atomic mass is 10.1. The number of nitrogen functional groups attached to an aromatic ring is 1. The van der Waals surface area contributed by atoms with E-state index >= 15 is 0 Å².